The third-order valence-electron chi connectivity index (χ3n) is 9.34. The number of aliphatic hydroxyl groups is 1. The highest BCUT2D eigenvalue weighted by molar-refractivity contribution is 5.82. The minimum atomic E-state index is -1.29. The summed E-state index contributed by atoms with van der Waals surface area (Å²) in [5.41, 5.74) is 5.73. The van der Waals surface area contributed by atoms with Gasteiger partial charge in [-0.1, -0.05) is 36.4 Å². The number of carbonyl (C=O) groups is 2. The minimum absolute atomic E-state index is 0.00183. The maximum absolute atomic E-state index is 13.6. The third-order valence-corrected chi connectivity index (χ3v) is 9.34. The lowest BCUT2D eigenvalue weighted by molar-refractivity contribution is -0.169. The molecule has 198 valence electrons. The van der Waals surface area contributed by atoms with E-state index in [1.807, 2.05) is 13.1 Å². The van der Waals surface area contributed by atoms with Crippen LogP contribution in [0, 0.1) is 5.41 Å². The number of phenols is 1. The SMILES string of the molecule is CN1CC23Cc4ccc(O)c5c4[C@@]4(C2)[C@@H](O5)C(OC(=O)[C@@H](OC(=O)CCN)c2ccccc2)=CC[C@@]4(O)[C@H]13. The molecule has 2 fully saturated rings. The van der Waals surface area contributed by atoms with Gasteiger partial charge < -0.3 is 30.2 Å². The largest absolute Gasteiger partial charge is 0.504 e. The van der Waals surface area contributed by atoms with Gasteiger partial charge in [0.15, 0.2) is 17.6 Å². The second-order valence-corrected chi connectivity index (χ2v) is 11.4. The van der Waals surface area contributed by atoms with E-state index in [4.69, 9.17) is 19.9 Å². The Balaban J connectivity index is 1.28. The van der Waals surface area contributed by atoms with Crippen LogP contribution in [0.3, 0.4) is 0 Å². The number of hydrogen-bond donors (Lipinski definition) is 3. The first-order valence-electron chi connectivity index (χ1n) is 13.0. The minimum Gasteiger partial charge on any atom is -0.504 e. The van der Waals surface area contributed by atoms with E-state index >= 15 is 0 Å². The normalized spacial score (nSPS) is 34.2. The fraction of sp³-hybridized carbons (Fsp3) is 0.448. The molecule has 5 aliphatic rings. The number of esters is 2. The van der Waals surface area contributed by atoms with E-state index in [9.17, 15) is 19.8 Å². The summed E-state index contributed by atoms with van der Waals surface area (Å²) in [6, 6.07) is 12.2. The maximum atomic E-state index is 13.6. The second-order valence-electron chi connectivity index (χ2n) is 11.4. The van der Waals surface area contributed by atoms with E-state index in [1.54, 1.807) is 42.5 Å². The zero-order valence-electron chi connectivity index (χ0n) is 21.1. The van der Waals surface area contributed by atoms with Gasteiger partial charge in [-0.15, -0.1) is 0 Å². The lowest BCUT2D eigenvalue weighted by Gasteiger charge is -2.56. The van der Waals surface area contributed by atoms with Crippen LogP contribution in [-0.4, -0.2) is 64.9 Å². The molecule has 9 nitrogen and oxygen atoms in total. The van der Waals surface area contributed by atoms with Gasteiger partial charge >= 0.3 is 11.9 Å². The number of carbonyl (C=O) groups excluding carboxylic acids is 2. The number of ether oxygens (including phenoxy) is 3. The molecule has 4 N–H and O–H groups in total. The summed E-state index contributed by atoms with van der Waals surface area (Å²) in [5, 5.41) is 23.2. The first-order chi connectivity index (χ1) is 18.2. The van der Waals surface area contributed by atoms with Crippen LogP contribution < -0.4 is 10.5 Å². The summed E-state index contributed by atoms with van der Waals surface area (Å²) in [7, 11) is 2.03. The second kappa shape index (κ2) is 7.81. The Labute approximate surface area is 219 Å². The Hall–Kier alpha value is -3.40. The van der Waals surface area contributed by atoms with E-state index in [0.29, 0.717) is 17.7 Å². The van der Waals surface area contributed by atoms with E-state index < -0.39 is 35.2 Å². The van der Waals surface area contributed by atoms with Crippen LogP contribution in [0.5, 0.6) is 11.5 Å². The van der Waals surface area contributed by atoms with Crippen LogP contribution in [0.15, 0.2) is 54.3 Å². The summed E-state index contributed by atoms with van der Waals surface area (Å²) in [5.74, 6) is -0.752. The molecule has 38 heavy (non-hydrogen) atoms. The van der Waals surface area contributed by atoms with Crippen molar-refractivity contribution in [3.8, 4) is 11.5 Å². The fourth-order valence-electron chi connectivity index (χ4n) is 8.35. The number of likely N-dealkylation sites (tertiary alicyclic amines) is 1. The Kier molecular flexibility index (Phi) is 4.87. The van der Waals surface area contributed by atoms with Crippen molar-refractivity contribution in [3.05, 3.63) is 71.0 Å². The average molecular weight is 519 g/mol. The molecule has 2 bridgehead atoms. The van der Waals surface area contributed by atoms with Crippen molar-refractivity contribution >= 4 is 11.9 Å². The van der Waals surface area contributed by atoms with Crippen molar-refractivity contribution in [1.29, 1.82) is 0 Å². The summed E-state index contributed by atoms with van der Waals surface area (Å²) in [6.07, 6.45) is 1.33. The first-order valence-corrected chi connectivity index (χ1v) is 13.0. The van der Waals surface area contributed by atoms with E-state index in [1.165, 1.54) is 0 Å². The summed E-state index contributed by atoms with van der Waals surface area (Å²) in [6.45, 7) is 0.950. The van der Waals surface area contributed by atoms with Crippen LogP contribution in [-0.2, 0) is 30.9 Å². The van der Waals surface area contributed by atoms with Crippen molar-refractivity contribution < 1.29 is 34.0 Å². The van der Waals surface area contributed by atoms with Crippen molar-refractivity contribution in [1.82, 2.24) is 4.90 Å². The Morgan fingerprint density at radius 2 is 2.03 bits per heavy atom. The molecular formula is C29H30N2O7. The molecule has 2 aliphatic heterocycles. The molecule has 7 rings (SSSR count). The van der Waals surface area contributed by atoms with Gasteiger partial charge in [-0.05, 0) is 37.6 Å². The zero-order valence-corrected chi connectivity index (χ0v) is 21.1. The van der Waals surface area contributed by atoms with Gasteiger partial charge in [0, 0.05) is 42.1 Å². The quantitative estimate of drug-likeness (QED) is 0.490. The standard InChI is InChI=1S/C29H30N2O7/c1-31-15-27-13-17-7-8-18(32)23-21(17)28(14-27)24(38-23)19(9-11-29(28,35)26(27)31)36-25(34)22(37-20(33)10-12-30)16-5-3-2-4-6-16/h2-9,22,24,26,32,35H,10-15,30H2,1H3/t22-,24-,26+,27?,28-,29+/m0/s1. The Bertz CT molecular complexity index is 1390. The Morgan fingerprint density at radius 1 is 1.24 bits per heavy atom. The molecule has 2 aromatic carbocycles. The first kappa shape index (κ1) is 23.7. The molecule has 3 aliphatic carbocycles. The Morgan fingerprint density at radius 3 is 2.76 bits per heavy atom. The van der Waals surface area contributed by atoms with Gasteiger partial charge in [-0.3, -0.25) is 9.69 Å². The van der Waals surface area contributed by atoms with Gasteiger partial charge in [0.2, 0.25) is 6.10 Å². The molecular weight excluding hydrogens is 488 g/mol. The van der Waals surface area contributed by atoms with Crippen LogP contribution in [0.2, 0.25) is 0 Å². The number of rotatable bonds is 6. The molecule has 2 aromatic rings. The molecule has 2 spiro atoms. The molecule has 0 aromatic heterocycles. The molecule has 1 saturated carbocycles. The van der Waals surface area contributed by atoms with Gasteiger partial charge in [-0.2, -0.15) is 0 Å². The third kappa shape index (κ3) is 2.81. The van der Waals surface area contributed by atoms with Gasteiger partial charge in [-0.25, -0.2) is 4.79 Å². The van der Waals surface area contributed by atoms with Crippen molar-refractivity contribution in [3.63, 3.8) is 0 Å². The van der Waals surface area contributed by atoms with Gasteiger partial charge in [0.1, 0.15) is 5.76 Å². The lowest BCUT2D eigenvalue weighted by Crippen LogP contribution is -2.70. The number of fused-ring (bicyclic) bond motifs is 1. The summed E-state index contributed by atoms with van der Waals surface area (Å²) in [4.78, 5) is 28.1. The number of phenolic OH excluding ortho intramolecular Hbond substituents is 1. The van der Waals surface area contributed by atoms with Crippen molar-refractivity contribution in [2.75, 3.05) is 20.1 Å². The molecule has 6 atom stereocenters. The highest BCUT2D eigenvalue weighted by Gasteiger charge is 2.82. The highest BCUT2D eigenvalue weighted by Crippen LogP contribution is 2.75. The van der Waals surface area contributed by atoms with E-state index in [-0.39, 0.29) is 42.4 Å². The molecule has 2 heterocycles. The molecule has 1 saturated heterocycles. The van der Waals surface area contributed by atoms with Crippen LogP contribution >= 0.6 is 0 Å². The van der Waals surface area contributed by atoms with Crippen molar-refractivity contribution in [2.24, 2.45) is 11.1 Å². The number of aromatic hydroxyl groups is 1. The lowest BCUT2D eigenvalue weighted by atomic mass is 9.59. The maximum Gasteiger partial charge on any atom is 0.357 e. The molecule has 0 amide bonds. The van der Waals surface area contributed by atoms with Crippen LogP contribution in [0.1, 0.15) is 42.1 Å². The zero-order chi connectivity index (χ0) is 26.4. The number of nitrogens with two attached hydrogens (primary N) is 1. The predicted octanol–water partition coefficient (Wildman–Crippen LogP) is 1.85. The van der Waals surface area contributed by atoms with Crippen molar-refractivity contribution in [2.45, 2.75) is 54.9 Å². The molecule has 0 radical (unpaired) electrons. The van der Waals surface area contributed by atoms with E-state index in [2.05, 4.69) is 4.90 Å². The highest BCUT2D eigenvalue weighted by atomic mass is 16.6. The summed E-state index contributed by atoms with van der Waals surface area (Å²) < 4.78 is 17.9. The topological polar surface area (TPSA) is 132 Å². The molecule has 9 heteroatoms. The van der Waals surface area contributed by atoms with Crippen LogP contribution in [0.4, 0.5) is 0 Å². The number of likely N-dealkylation sites (N-methyl/N-ethyl adjacent to an activating group) is 1. The van der Waals surface area contributed by atoms with Gasteiger partial charge in [0.25, 0.3) is 0 Å². The average Bonchev–Trinajstić information content (AvgIpc) is 3.31. The number of nitrogens with zero attached hydrogens (tertiary/aromatic N) is 1. The predicted molar refractivity (Wildman–Crippen MR) is 134 cm³/mol. The smallest absolute Gasteiger partial charge is 0.357 e. The number of hydrogen-bond acceptors (Lipinski definition) is 9. The fourth-order valence-corrected chi connectivity index (χ4v) is 8.35. The number of benzene rings is 2. The van der Waals surface area contributed by atoms with E-state index in [0.717, 1.165) is 24.1 Å². The van der Waals surface area contributed by atoms with Gasteiger partial charge in [0.05, 0.1) is 17.4 Å². The monoisotopic (exact) mass is 518 g/mol. The summed E-state index contributed by atoms with van der Waals surface area (Å²) >= 11 is 0. The molecule has 1 unspecified atom stereocenters. The van der Waals surface area contributed by atoms with Crippen LogP contribution in [0.25, 0.3) is 0 Å².